The van der Waals surface area contributed by atoms with Crippen molar-refractivity contribution in [2.75, 3.05) is 13.6 Å². The van der Waals surface area contributed by atoms with Gasteiger partial charge in [-0.15, -0.1) is 11.8 Å². The molecule has 0 unspecified atom stereocenters. The van der Waals surface area contributed by atoms with Crippen molar-refractivity contribution < 1.29 is 0 Å². The molecule has 0 atom stereocenters. The zero-order valence-corrected chi connectivity index (χ0v) is 26.3. The van der Waals surface area contributed by atoms with E-state index in [-0.39, 0.29) is 0 Å². The lowest BCUT2D eigenvalue weighted by Crippen LogP contribution is -2.36. The van der Waals surface area contributed by atoms with Gasteiger partial charge in [-0.05, 0) is 85.8 Å². The van der Waals surface area contributed by atoms with Crippen LogP contribution in [-0.2, 0) is 0 Å². The summed E-state index contributed by atoms with van der Waals surface area (Å²) in [6, 6.07) is 0. The van der Waals surface area contributed by atoms with Crippen LogP contribution in [0, 0.1) is 0 Å². The van der Waals surface area contributed by atoms with E-state index >= 15 is 0 Å². The van der Waals surface area contributed by atoms with Crippen LogP contribution in [0.4, 0.5) is 0 Å². The van der Waals surface area contributed by atoms with Crippen molar-refractivity contribution in [1.82, 2.24) is 4.90 Å². The Bertz CT molecular complexity index is 1190. The van der Waals surface area contributed by atoms with Crippen molar-refractivity contribution >= 4 is 23.3 Å². The highest BCUT2D eigenvalue weighted by molar-refractivity contribution is 8.05. The topological polar surface area (TPSA) is 28.0 Å². The number of nitrogens with zero attached hydrogens (tertiary/aromatic N) is 3. The second kappa shape index (κ2) is 18.3. The lowest BCUT2D eigenvalue weighted by Gasteiger charge is -2.34. The van der Waals surface area contributed by atoms with Gasteiger partial charge in [0.15, 0.2) is 0 Å². The van der Waals surface area contributed by atoms with E-state index in [0.29, 0.717) is 0 Å². The summed E-state index contributed by atoms with van der Waals surface area (Å²) in [6.45, 7) is 22.0. The van der Waals surface area contributed by atoms with E-state index in [1.54, 1.807) is 11.8 Å². The molecule has 4 heteroatoms. The van der Waals surface area contributed by atoms with E-state index in [1.165, 1.54) is 21.6 Å². The largest absolute Gasteiger partial charge is 0.326 e. The van der Waals surface area contributed by atoms with Gasteiger partial charge in [-0.2, -0.15) is 0 Å². The first-order valence-corrected chi connectivity index (χ1v) is 15.5. The van der Waals surface area contributed by atoms with Gasteiger partial charge < -0.3 is 4.90 Å². The quantitative estimate of drug-likeness (QED) is 0.114. The molecular formula is C36H49N3S. The minimum absolute atomic E-state index is 0.843. The minimum Gasteiger partial charge on any atom is -0.326 e. The second-order valence-electron chi connectivity index (χ2n) is 9.99. The first-order valence-electron chi connectivity index (χ1n) is 14.6. The van der Waals surface area contributed by atoms with Crippen LogP contribution in [0.3, 0.4) is 0 Å². The molecule has 0 aromatic heterocycles. The smallest absolute Gasteiger partial charge is 0.137 e. The van der Waals surface area contributed by atoms with Crippen LogP contribution < -0.4 is 0 Å². The maximum atomic E-state index is 5.25. The van der Waals surface area contributed by atoms with Crippen molar-refractivity contribution in [1.29, 1.82) is 0 Å². The van der Waals surface area contributed by atoms with Crippen LogP contribution in [0.1, 0.15) is 79.1 Å². The van der Waals surface area contributed by atoms with E-state index in [9.17, 15) is 0 Å². The Kier molecular flexibility index (Phi) is 15.1. The van der Waals surface area contributed by atoms with E-state index in [0.717, 1.165) is 86.4 Å². The molecule has 0 aromatic carbocycles. The summed E-state index contributed by atoms with van der Waals surface area (Å²) in [4.78, 5) is 13.5. The summed E-state index contributed by atoms with van der Waals surface area (Å²) >= 11 is 1.68. The molecule has 0 aromatic rings. The molecule has 0 spiro atoms. The molecule has 0 N–H and O–H groups in total. The number of aliphatic imine (C=N–C) groups is 2. The predicted molar refractivity (Wildman–Crippen MR) is 182 cm³/mol. The van der Waals surface area contributed by atoms with Gasteiger partial charge in [0.25, 0.3) is 0 Å². The van der Waals surface area contributed by atoms with Crippen LogP contribution in [0.2, 0.25) is 0 Å². The van der Waals surface area contributed by atoms with E-state index < -0.39 is 0 Å². The summed E-state index contributed by atoms with van der Waals surface area (Å²) in [6.07, 6.45) is 27.5. The van der Waals surface area contributed by atoms with Gasteiger partial charge in [0.2, 0.25) is 0 Å². The first-order chi connectivity index (χ1) is 19.4. The molecule has 0 amide bonds. The van der Waals surface area contributed by atoms with Crippen LogP contribution in [0.15, 0.2) is 128 Å². The van der Waals surface area contributed by atoms with Crippen molar-refractivity contribution in [3.8, 4) is 0 Å². The Morgan fingerprint density at radius 2 is 1.95 bits per heavy atom. The highest BCUT2D eigenvalue weighted by atomic mass is 32.2. The molecule has 0 fully saturated rings. The molecule has 0 saturated heterocycles. The molecule has 0 saturated carbocycles. The maximum absolute atomic E-state index is 5.25. The average molecular weight is 556 g/mol. The van der Waals surface area contributed by atoms with Crippen molar-refractivity contribution in [3.05, 3.63) is 118 Å². The fraction of sp³-hybridized carbons (Fsp3) is 0.389. The minimum atomic E-state index is 0.843. The van der Waals surface area contributed by atoms with E-state index in [4.69, 9.17) is 4.99 Å². The van der Waals surface area contributed by atoms with Gasteiger partial charge in [-0.3, -0.25) is 4.99 Å². The molecule has 3 nitrogen and oxygen atoms in total. The molecule has 0 bridgehead atoms. The standard InChI is InChI=1S/C36H49N3S/c1-9-19-34(37-8)35-29(6)30(7)39(36(38-35)33-21-16-14-13-15-17-22-33)27-18-20-31(10-2)25-26-32(11-3)24-23-28(5)40-12-4/h10,12,14-17,21,23,25-26H,2,4,7,9,11,13,18-20,22,24,27H2,1,3,5-6,8H3/b16-14?,17-15-,28-23+,31-25+,32-26+,33-21+,37-34?. The summed E-state index contributed by atoms with van der Waals surface area (Å²) in [5, 5.41) is 1.88. The summed E-state index contributed by atoms with van der Waals surface area (Å²) in [5.74, 6) is 0.996. The summed E-state index contributed by atoms with van der Waals surface area (Å²) in [5.41, 5.74) is 8.04. The normalized spacial score (nSPS) is 19.6. The Morgan fingerprint density at radius 1 is 1.15 bits per heavy atom. The third kappa shape index (κ3) is 10.1. The molecule has 40 heavy (non-hydrogen) atoms. The zero-order valence-electron chi connectivity index (χ0n) is 25.5. The SMILES string of the molecule is C=CS/C(C)=C/C/C(=C/C=C(\C=C)CCCN1C(=C)C(C)=C(C(CCC)=NC)N=C1/C1=C/C=CC/C=C\C1)CC. The van der Waals surface area contributed by atoms with Gasteiger partial charge in [-0.25, -0.2) is 4.99 Å². The molecule has 2 aliphatic rings. The van der Waals surface area contributed by atoms with Crippen LogP contribution in [-0.4, -0.2) is 30.0 Å². The van der Waals surface area contributed by atoms with Crippen molar-refractivity contribution in [2.24, 2.45) is 9.98 Å². The van der Waals surface area contributed by atoms with Gasteiger partial charge in [0, 0.05) is 19.3 Å². The van der Waals surface area contributed by atoms with Gasteiger partial charge in [-0.1, -0.05) is 100 Å². The highest BCUT2D eigenvalue weighted by Gasteiger charge is 2.27. The third-order valence-corrected chi connectivity index (χ3v) is 7.84. The van der Waals surface area contributed by atoms with Crippen molar-refractivity contribution in [2.45, 2.75) is 79.1 Å². The van der Waals surface area contributed by atoms with Gasteiger partial charge >= 0.3 is 0 Å². The first kappa shape index (κ1) is 33.1. The van der Waals surface area contributed by atoms with Crippen LogP contribution in [0.25, 0.3) is 0 Å². The van der Waals surface area contributed by atoms with Crippen molar-refractivity contribution in [3.63, 3.8) is 0 Å². The lowest BCUT2D eigenvalue weighted by molar-refractivity contribution is 0.496. The molecule has 1 heterocycles. The summed E-state index contributed by atoms with van der Waals surface area (Å²) in [7, 11) is 1.87. The number of thioether (sulfide) groups is 1. The number of hydrogen-bond donors (Lipinski definition) is 0. The number of amidine groups is 1. The molecule has 1 aliphatic heterocycles. The number of hydrogen-bond acceptors (Lipinski definition) is 4. The summed E-state index contributed by atoms with van der Waals surface area (Å²) < 4.78 is 0. The predicted octanol–water partition coefficient (Wildman–Crippen LogP) is 10.6. The monoisotopic (exact) mass is 555 g/mol. The fourth-order valence-electron chi connectivity index (χ4n) is 4.64. The average Bonchev–Trinajstić information content (AvgIpc) is 2.93. The Hall–Kier alpha value is -3.11. The van der Waals surface area contributed by atoms with Gasteiger partial charge in [0.05, 0.1) is 11.4 Å². The number of rotatable bonds is 15. The molecule has 1 aliphatic carbocycles. The Balaban J connectivity index is 2.28. The third-order valence-electron chi connectivity index (χ3n) is 7.13. The molecule has 2 rings (SSSR count). The highest BCUT2D eigenvalue weighted by Crippen LogP contribution is 2.30. The second-order valence-corrected chi connectivity index (χ2v) is 11.2. The molecular weight excluding hydrogens is 506 g/mol. The molecule has 214 valence electrons. The molecule has 0 radical (unpaired) electrons. The Labute approximate surface area is 248 Å². The van der Waals surface area contributed by atoms with E-state index in [2.05, 4.69) is 106 Å². The maximum Gasteiger partial charge on any atom is 0.137 e. The van der Waals surface area contributed by atoms with Crippen LogP contribution in [0.5, 0.6) is 0 Å². The van der Waals surface area contributed by atoms with E-state index in [1.807, 2.05) is 18.5 Å². The number of allylic oxidation sites excluding steroid dienone is 14. The Morgan fingerprint density at radius 3 is 2.62 bits per heavy atom. The zero-order chi connectivity index (χ0) is 29.3. The lowest BCUT2D eigenvalue weighted by atomic mass is 9.99. The van der Waals surface area contributed by atoms with Gasteiger partial charge in [0.1, 0.15) is 5.84 Å². The fourth-order valence-corrected chi connectivity index (χ4v) is 5.09. The van der Waals surface area contributed by atoms with Crippen LogP contribution >= 0.6 is 11.8 Å².